The van der Waals surface area contributed by atoms with Gasteiger partial charge in [0.05, 0.1) is 6.10 Å². The summed E-state index contributed by atoms with van der Waals surface area (Å²) in [5.74, 6) is 0. The minimum absolute atomic E-state index is 0.279. The third kappa shape index (κ3) is 2.50. The maximum Gasteiger partial charge on any atom is 0.0706 e. The SMILES string of the molecule is OC(Cc1csc2ccccc12)C1Cc2ccccc2S1. The van der Waals surface area contributed by atoms with Crippen LogP contribution in [-0.2, 0) is 12.8 Å². The molecule has 2 unspecified atom stereocenters. The molecule has 0 bridgehead atoms. The van der Waals surface area contributed by atoms with E-state index in [2.05, 4.69) is 53.9 Å². The molecule has 21 heavy (non-hydrogen) atoms. The Bertz CT molecular complexity index is 752. The number of aliphatic hydroxyl groups is 1. The van der Waals surface area contributed by atoms with Crippen LogP contribution in [0.5, 0.6) is 0 Å². The highest BCUT2D eigenvalue weighted by atomic mass is 32.2. The van der Waals surface area contributed by atoms with Gasteiger partial charge in [0, 0.05) is 21.3 Å². The molecular weight excluding hydrogens is 296 g/mol. The third-order valence-electron chi connectivity index (χ3n) is 4.09. The first kappa shape index (κ1) is 13.4. The maximum absolute atomic E-state index is 10.6. The van der Waals surface area contributed by atoms with Crippen LogP contribution in [0.2, 0.25) is 0 Å². The summed E-state index contributed by atoms with van der Waals surface area (Å²) in [6.45, 7) is 0. The van der Waals surface area contributed by atoms with E-state index in [1.807, 2.05) is 11.8 Å². The maximum atomic E-state index is 10.6. The van der Waals surface area contributed by atoms with Gasteiger partial charge in [0.15, 0.2) is 0 Å². The van der Waals surface area contributed by atoms with E-state index in [0.717, 1.165) is 12.8 Å². The lowest BCUT2D eigenvalue weighted by Gasteiger charge is -2.16. The van der Waals surface area contributed by atoms with Gasteiger partial charge >= 0.3 is 0 Å². The molecule has 0 aliphatic carbocycles. The summed E-state index contributed by atoms with van der Waals surface area (Å²) in [6.07, 6.45) is 1.43. The molecule has 1 nitrogen and oxygen atoms in total. The molecule has 1 N–H and O–H groups in total. The van der Waals surface area contributed by atoms with Gasteiger partial charge in [-0.2, -0.15) is 0 Å². The van der Waals surface area contributed by atoms with Crippen molar-refractivity contribution in [1.29, 1.82) is 0 Å². The predicted molar refractivity (Wildman–Crippen MR) is 91.3 cm³/mol. The summed E-state index contributed by atoms with van der Waals surface area (Å²) in [4.78, 5) is 1.33. The van der Waals surface area contributed by atoms with Crippen molar-refractivity contribution in [2.45, 2.75) is 29.1 Å². The number of hydrogen-bond acceptors (Lipinski definition) is 3. The highest BCUT2D eigenvalue weighted by Gasteiger charge is 2.28. The summed E-state index contributed by atoms with van der Waals surface area (Å²) in [7, 11) is 0. The largest absolute Gasteiger partial charge is 0.392 e. The van der Waals surface area contributed by atoms with Gasteiger partial charge in [-0.1, -0.05) is 36.4 Å². The zero-order valence-electron chi connectivity index (χ0n) is 11.5. The summed E-state index contributed by atoms with van der Waals surface area (Å²) < 4.78 is 1.31. The second-order valence-electron chi connectivity index (χ2n) is 5.50. The van der Waals surface area contributed by atoms with Gasteiger partial charge in [-0.25, -0.2) is 0 Å². The Morgan fingerprint density at radius 1 is 1.10 bits per heavy atom. The number of thiophene rings is 1. The molecule has 2 atom stereocenters. The Morgan fingerprint density at radius 2 is 1.90 bits per heavy atom. The van der Waals surface area contributed by atoms with Gasteiger partial charge < -0.3 is 5.11 Å². The van der Waals surface area contributed by atoms with Crippen molar-refractivity contribution in [2.75, 3.05) is 0 Å². The van der Waals surface area contributed by atoms with E-state index < -0.39 is 0 Å². The highest BCUT2D eigenvalue weighted by Crippen LogP contribution is 2.39. The highest BCUT2D eigenvalue weighted by molar-refractivity contribution is 8.00. The van der Waals surface area contributed by atoms with Crippen LogP contribution in [0.25, 0.3) is 10.1 Å². The number of fused-ring (bicyclic) bond motifs is 2. The van der Waals surface area contributed by atoms with E-state index in [-0.39, 0.29) is 11.4 Å². The summed E-state index contributed by atoms with van der Waals surface area (Å²) in [6, 6.07) is 16.9. The van der Waals surface area contributed by atoms with Gasteiger partial charge in [-0.3, -0.25) is 0 Å². The van der Waals surface area contributed by atoms with Crippen LogP contribution < -0.4 is 0 Å². The molecule has 2 heterocycles. The van der Waals surface area contributed by atoms with Gasteiger partial charge in [-0.05, 0) is 40.4 Å². The molecule has 0 saturated heterocycles. The molecule has 4 rings (SSSR count). The molecule has 1 aromatic heterocycles. The van der Waals surface area contributed by atoms with Crippen molar-refractivity contribution in [1.82, 2.24) is 0 Å². The van der Waals surface area contributed by atoms with Crippen molar-refractivity contribution in [2.24, 2.45) is 0 Å². The monoisotopic (exact) mass is 312 g/mol. The fraction of sp³-hybridized carbons (Fsp3) is 0.222. The number of thioether (sulfide) groups is 1. The summed E-state index contributed by atoms with van der Waals surface area (Å²) in [5, 5.41) is 14.4. The van der Waals surface area contributed by atoms with Crippen molar-refractivity contribution >= 4 is 33.2 Å². The topological polar surface area (TPSA) is 20.2 Å². The summed E-state index contributed by atoms with van der Waals surface area (Å²) >= 11 is 3.59. The average molecular weight is 312 g/mol. The number of rotatable bonds is 3. The standard InChI is InChI=1S/C18H16OS2/c19-15(18-10-12-5-1-3-7-16(12)21-18)9-13-11-20-17-8-4-2-6-14(13)17/h1-8,11,15,18-19H,9-10H2. The van der Waals surface area contributed by atoms with Crippen LogP contribution in [0.4, 0.5) is 0 Å². The van der Waals surface area contributed by atoms with E-state index in [1.54, 1.807) is 11.3 Å². The smallest absolute Gasteiger partial charge is 0.0706 e. The Hall–Kier alpha value is -1.29. The van der Waals surface area contributed by atoms with Crippen molar-refractivity contribution in [3.8, 4) is 0 Å². The van der Waals surface area contributed by atoms with Gasteiger partial charge in [0.2, 0.25) is 0 Å². The number of hydrogen-bond donors (Lipinski definition) is 1. The Kier molecular flexibility index (Phi) is 3.49. The minimum atomic E-state index is -0.291. The quantitative estimate of drug-likeness (QED) is 0.767. The van der Waals surface area contributed by atoms with Gasteiger partial charge in [-0.15, -0.1) is 23.1 Å². The number of aliphatic hydroxyl groups excluding tert-OH is 1. The molecule has 0 saturated carbocycles. The lowest BCUT2D eigenvalue weighted by molar-refractivity contribution is 0.172. The van der Waals surface area contributed by atoms with Crippen LogP contribution >= 0.6 is 23.1 Å². The van der Waals surface area contributed by atoms with Crippen molar-refractivity contribution < 1.29 is 5.11 Å². The zero-order chi connectivity index (χ0) is 14.2. The lowest BCUT2D eigenvalue weighted by Crippen LogP contribution is -2.24. The molecule has 0 radical (unpaired) electrons. The molecule has 0 fully saturated rings. The fourth-order valence-electron chi connectivity index (χ4n) is 2.97. The first-order chi connectivity index (χ1) is 10.3. The molecule has 0 spiro atoms. The molecule has 106 valence electrons. The molecule has 0 amide bonds. The Labute approximate surface area is 132 Å². The van der Waals surface area contributed by atoms with E-state index >= 15 is 0 Å². The lowest BCUT2D eigenvalue weighted by atomic mass is 10.0. The van der Waals surface area contributed by atoms with Crippen LogP contribution in [0, 0.1) is 0 Å². The molecule has 3 aromatic rings. The number of benzene rings is 2. The van der Waals surface area contributed by atoms with E-state index in [0.29, 0.717) is 0 Å². The Balaban J connectivity index is 1.53. The van der Waals surface area contributed by atoms with Crippen LogP contribution in [0.1, 0.15) is 11.1 Å². The van der Waals surface area contributed by atoms with Crippen LogP contribution in [0.3, 0.4) is 0 Å². The average Bonchev–Trinajstić information content (AvgIpc) is 3.11. The molecular formula is C18H16OS2. The minimum Gasteiger partial charge on any atom is -0.392 e. The zero-order valence-corrected chi connectivity index (χ0v) is 13.2. The summed E-state index contributed by atoms with van der Waals surface area (Å²) in [5.41, 5.74) is 2.65. The first-order valence-electron chi connectivity index (χ1n) is 7.19. The predicted octanol–water partition coefficient (Wildman–Crippen LogP) is 4.52. The molecule has 1 aliphatic rings. The van der Waals surface area contributed by atoms with E-state index in [4.69, 9.17) is 0 Å². The van der Waals surface area contributed by atoms with Crippen LogP contribution in [-0.4, -0.2) is 16.5 Å². The van der Waals surface area contributed by atoms with Crippen LogP contribution in [0.15, 0.2) is 58.8 Å². The van der Waals surface area contributed by atoms with Gasteiger partial charge in [0.1, 0.15) is 0 Å². The van der Waals surface area contributed by atoms with E-state index in [9.17, 15) is 5.11 Å². The second kappa shape index (κ2) is 5.48. The third-order valence-corrected chi connectivity index (χ3v) is 6.54. The Morgan fingerprint density at radius 3 is 2.81 bits per heavy atom. The molecule has 1 aliphatic heterocycles. The first-order valence-corrected chi connectivity index (χ1v) is 8.95. The molecule has 2 aromatic carbocycles. The second-order valence-corrected chi connectivity index (χ2v) is 7.69. The van der Waals surface area contributed by atoms with E-state index in [1.165, 1.54) is 26.1 Å². The normalized spacial score (nSPS) is 18.8. The molecule has 3 heteroatoms. The fourth-order valence-corrected chi connectivity index (χ4v) is 5.25. The van der Waals surface area contributed by atoms with Crippen molar-refractivity contribution in [3.63, 3.8) is 0 Å². The van der Waals surface area contributed by atoms with Crippen molar-refractivity contribution in [3.05, 3.63) is 65.0 Å². The van der Waals surface area contributed by atoms with Gasteiger partial charge in [0.25, 0.3) is 0 Å².